The van der Waals surface area contributed by atoms with Crippen LogP contribution in [0.2, 0.25) is 5.02 Å². The maximum absolute atomic E-state index is 13.3. The number of nitrogens with two attached hydrogens (primary N) is 1. The third kappa shape index (κ3) is 4.22. The summed E-state index contributed by atoms with van der Waals surface area (Å²) in [6.07, 6.45) is 0. The number of benzene rings is 2. The molecule has 0 aliphatic heterocycles. The zero-order valence-electron chi connectivity index (χ0n) is 11.6. The minimum Gasteiger partial charge on any atom is -0.489 e. The van der Waals surface area contributed by atoms with Gasteiger partial charge in [-0.15, -0.1) is 0 Å². The molecule has 2 aromatic carbocycles. The zero-order chi connectivity index (χ0) is 15.2. The molecule has 0 unspecified atom stereocenters. The Bertz CT molecular complexity index is 704. The largest absolute Gasteiger partial charge is 0.489 e. The lowest BCUT2D eigenvalue weighted by atomic mass is 10.1. The van der Waals surface area contributed by atoms with Crippen molar-refractivity contribution >= 4 is 11.6 Å². The molecule has 0 spiro atoms. The van der Waals surface area contributed by atoms with Gasteiger partial charge in [-0.05, 0) is 48.4 Å². The monoisotopic (exact) mass is 303 g/mol. The van der Waals surface area contributed by atoms with Crippen molar-refractivity contribution in [1.82, 2.24) is 0 Å². The molecule has 0 saturated heterocycles. The third-order valence-electron chi connectivity index (χ3n) is 2.89. The summed E-state index contributed by atoms with van der Waals surface area (Å²) in [6, 6.07) is 10.3. The Hall–Kier alpha value is -2.02. The van der Waals surface area contributed by atoms with Crippen LogP contribution < -0.4 is 10.5 Å². The highest BCUT2D eigenvalue weighted by molar-refractivity contribution is 6.30. The predicted octanol–water partition coefficient (Wildman–Crippen LogP) is 3.68. The quantitative estimate of drug-likeness (QED) is 0.878. The number of hydrogen-bond donors (Lipinski definition) is 1. The summed E-state index contributed by atoms with van der Waals surface area (Å²) in [7, 11) is 0. The molecule has 0 aromatic heterocycles. The molecule has 21 heavy (non-hydrogen) atoms. The summed E-state index contributed by atoms with van der Waals surface area (Å²) < 4.78 is 19.0. The highest BCUT2D eigenvalue weighted by Crippen LogP contribution is 2.21. The van der Waals surface area contributed by atoms with Gasteiger partial charge in [-0.2, -0.15) is 0 Å². The first-order chi connectivity index (χ1) is 10.1. The van der Waals surface area contributed by atoms with Gasteiger partial charge in [0, 0.05) is 5.56 Å². The molecule has 108 valence electrons. The molecule has 0 heterocycles. The van der Waals surface area contributed by atoms with Gasteiger partial charge in [0.2, 0.25) is 0 Å². The first kappa shape index (κ1) is 15.4. The second-order valence-corrected chi connectivity index (χ2v) is 4.93. The molecule has 2 aromatic rings. The lowest BCUT2D eigenvalue weighted by Crippen LogP contribution is -1.98. The molecule has 2 nitrogen and oxygen atoms in total. The van der Waals surface area contributed by atoms with Crippen molar-refractivity contribution in [2.75, 3.05) is 6.54 Å². The van der Waals surface area contributed by atoms with Crippen LogP contribution in [-0.2, 0) is 6.61 Å². The summed E-state index contributed by atoms with van der Waals surface area (Å²) in [5.41, 5.74) is 7.92. The van der Waals surface area contributed by atoms with Crippen LogP contribution in [0.15, 0.2) is 36.4 Å². The zero-order valence-corrected chi connectivity index (χ0v) is 12.4. The van der Waals surface area contributed by atoms with Gasteiger partial charge in [0.05, 0.1) is 11.6 Å². The molecule has 0 fully saturated rings. The fraction of sp³-hybridized carbons (Fsp3) is 0.176. The minimum atomic E-state index is -0.443. The lowest BCUT2D eigenvalue weighted by Gasteiger charge is -2.10. The summed E-state index contributed by atoms with van der Waals surface area (Å²) >= 11 is 5.64. The van der Waals surface area contributed by atoms with Gasteiger partial charge >= 0.3 is 0 Å². The molecule has 0 amide bonds. The van der Waals surface area contributed by atoms with Crippen LogP contribution in [-0.4, -0.2) is 6.54 Å². The van der Waals surface area contributed by atoms with Crippen molar-refractivity contribution in [3.8, 4) is 17.6 Å². The molecule has 4 heteroatoms. The van der Waals surface area contributed by atoms with Crippen LogP contribution in [0.4, 0.5) is 4.39 Å². The fourth-order valence-corrected chi connectivity index (χ4v) is 1.95. The topological polar surface area (TPSA) is 35.2 Å². The number of aryl methyl sites for hydroxylation is 1. The van der Waals surface area contributed by atoms with Gasteiger partial charge in [-0.25, -0.2) is 4.39 Å². The number of rotatable bonds is 3. The van der Waals surface area contributed by atoms with Crippen LogP contribution in [0.25, 0.3) is 0 Å². The van der Waals surface area contributed by atoms with E-state index in [4.69, 9.17) is 22.1 Å². The van der Waals surface area contributed by atoms with Crippen LogP contribution in [0.3, 0.4) is 0 Å². The smallest absolute Gasteiger partial charge is 0.142 e. The maximum Gasteiger partial charge on any atom is 0.142 e. The number of ether oxygens (including phenoxy) is 1. The molecular formula is C17H15ClFNO. The molecule has 0 aliphatic carbocycles. The third-order valence-corrected chi connectivity index (χ3v) is 3.19. The summed E-state index contributed by atoms with van der Waals surface area (Å²) in [6.45, 7) is 2.55. The number of halogens is 2. The molecular weight excluding hydrogens is 289 g/mol. The average molecular weight is 304 g/mol. The second kappa shape index (κ2) is 7.12. The first-order valence-corrected chi connectivity index (χ1v) is 6.84. The Morgan fingerprint density at radius 1 is 1.24 bits per heavy atom. The van der Waals surface area contributed by atoms with E-state index in [0.29, 0.717) is 6.54 Å². The second-order valence-electron chi connectivity index (χ2n) is 4.52. The van der Waals surface area contributed by atoms with E-state index in [2.05, 4.69) is 11.8 Å². The Morgan fingerprint density at radius 3 is 2.71 bits per heavy atom. The molecule has 0 saturated carbocycles. The van der Waals surface area contributed by atoms with Gasteiger partial charge in [-0.1, -0.05) is 29.5 Å². The fourth-order valence-electron chi connectivity index (χ4n) is 1.83. The van der Waals surface area contributed by atoms with Crippen molar-refractivity contribution in [3.05, 3.63) is 63.9 Å². The molecule has 2 rings (SSSR count). The number of hydrogen-bond acceptors (Lipinski definition) is 2. The molecule has 0 bridgehead atoms. The van der Waals surface area contributed by atoms with Crippen molar-refractivity contribution in [2.24, 2.45) is 5.73 Å². The Morgan fingerprint density at radius 2 is 2.05 bits per heavy atom. The van der Waals surface area contributed by atoms with E-state index in [1.807, 2.05) is 25.1 Å². The van der Waals surface area contributed by atoms with Gasteiger partial charge in [0.25, 0.3) is 0 Å². The van der Waals surface area contributed by atoms with E-state index in [-0.39, 0.29) is 11.6 Å². The van der Waals surface area contributed by atoms with Crippen molar-refractivity contribution in [3.63, 3.8) is 0 Å². The Labute approximate surface area is 128 Å². The van der Waals surface area contributed by atoms with E-state index >= 15 is 0 Å². The molecule has 2 N–H and O–H groups in total. The summed E-state index contributed by atoms with van der Waals surface area (Å²) in [5, 5.41) is 0.109. The minimum absolute atomic E-state index is 0.109. The van der Waals surface area contributed by atoms with E-state index in [1.165, 1.54) is 12.1 Å². The molecule has 0 aliphatic rings. The van der Waals surface area contributed by atoms with Gasteiger partial charge < -0.3 is 10.5 Å². The summed E-state index contributed by atoms with van der Waals surface area (Å²) in [5.74, 6) is 6.07. The van der Waals surface area contributed by atoms with Crippen LogP contribution in [0.1, 0.15) is 16.7 Å². The lowest BCUT2D eigenvalue weighted by molar-refractivity contribution is 0.303. The highest BCUT2D eigenvalue weighted by atomic mass is 35.5. The van der Waals surface area contributed by atoms with Gasteiger partial charge in [0.15, 0.2) is 0 Å². The van der Waals surface area contributed by atoms with Crippen LogP contribution in [0.5, 0.6) is 5.75 Å². The molecule has 0 radical (unpaired) electrons. The van der Waals surface area contributed by atoms with E-state index < -0.39 is 5.82 Å². The van der Waals surface area contributed by atoms with Crippen molar-refractivity contribution < 1.29 is 9.13 Å². The van der Waals surface area contributed by atoms with Crippen molar-refractivity contribution in [2.45, 2.75) is 13.5 Å². The van der Waals surface area contributed by atoms with Gasteiger partial charge in [-0.3, -0.25) is 0 Å². The van der Waals surface area contributed by atoms with E-state index in [9.17, 15) is 4.39 Å². The van der Waals surface area contributed by atoms with E-state index in [1.54, 1.807) is 6.07 Å². The van der Waals surface area contributed by atoms with Crippen molar-refractivity contribution in [1.29, 1.82) is 0 Å². The first-order valence-electron chi connectivity index (χ1n) is 6.46. The highest BCUT2D eigenvalue weighted by Gasteiger charge is 2.04. The Balaban J connectivity index is 2.07. The summed E-state index contributed by atoms with van der Waals surface area (Å²) in [4.78, 5) is 0. The van der Waals surface area contributed by atoms with Gasteiger partial charge in [0.1, 0.15) is 18.2 Å². The predicted molar refractivity (Wildman–Crippen MR) is 82.9 cm³/mol. The Kier molecular flexibility index (Phi) is 5.21. The SMILES string of the molecule is Cc1cc(C#CCN)ccc1OCc1ccc(Cl)c(F)c1. The average Bonchev–Trinajstić information content (AvgIpc) is 2.47. The van der Waals surface area contributed by atoms with Crippen LogP contribution >= 0.6 is 11.6 Å². The maximum atomic E-state index is 13.3. The normalized spacial score (nSPS) is 9.90. The van der Waals surface area contributed by atoms with Crippen LogP contribution in [0, 0.1) is 24.6 Å². The molecule has 0 atom stereocenters. The standard InChI is InChI=1S/C17H15ClFNO/c1-12-9-13(3-2-8-20)5-7-17(12)21-11-14-4-6-15(18)16(19)10-14/h4-7,9-10H,8,11,20H2,1H3. The van der Waals surface area contributed by atoms with E-state index in [0.717, 1.165) is 22.4 Å².